The van der Waals surface area contributed by atoms with Gasteiger partial charge in [0.25, 0.3) is 5.60 Å². The van der Waals surface area contributed by atoms with E-state index >= 15 is 0 Å². The van der Waals surface area contributed by atoms with Crippen LogP contribution in [0.1, 0.15) is 173 Å². The minimum absolute atomic E-state index is 0.0185. The van der Waals surface area contributed by atoms with Gasteiger partial charge in [0, 0.05) is 6.42 Å². The predicted molar refractivity (Wildman–Crippen MR) is 243 cm³/mol. The molecule has 400 valence electrons. The van der Waals surface area contributed by atoms with Crippen molar-refractivity contribution in [2.75, 3.05) is 19.8 Å². The van der Waals surface area contributed by atoms with Crippen LogP contribution in [-0.4, -0.2) is 95.6 Å². The zero-order chi connectivity index (χ0) is 52.7. The van der Waals surface area contributed by atoms with Crippen molar-refractivity contribution in [3.05, 3.63) is 0 Å². The molecule has 6 atom stereocenters. The molecule has 1 saturated heterocycles. The molecule has 1 aliphatic heterocycles. The smallest absolute Gasteiger partial charge is 0.426 e. The number of hydrogen-bond donors (Lipinski definition) is 2. The van der Waals surface area contributed by atoms with Crippen LogP contribution in [0.15, 0.2) is 0 Å². The van der Waals surface area contributed by atoms with Crippen LogP contribution in [0.25, 0.3) is 0 Å². The lowest BCUT2D eigenvalue weighted by Gasteiger charge is -2.59. The highest BCUT2D eigenvalue weighted by Crippen LogP contribution is 2.60. The van der Waals surface area contributed by atoms with E-state index in [1.54, 1.807) is 34.6 Å². The largest absolute Gasteiger partial charge is 0.463 e. The molecular weight excluding hydrogens is 919 g/mol. The molecule has 12 nitrogen and oxygen atoms in total. The van der Waals surface area contributed by atoms with Crippen LogP contribution >= 0.6 is 0 Å². The summed E-state index contributed by atoms with van der Waals surface area (Å²) in [4.78, 5) is 58.0. The summed E-state index contributed by atoms with van der Waals surface area (Å²) < 4.78 is 103. The number of rotatable bonds is 15. The summed E-state index contributed by atoms with van der Waals surface area (Å²) >= 11 is 0. The molecule has 7 fully saturated rings. The fourth-order valence-electron chi connectivity index (χ4n) is 10.2. The highest BCUT2D eigenvalue weighted by molar-refractivity contribution is 5.82. The predicted octanol–water partition coefficient (Wildman–Crippen LogP) is 10.7. The van der Waals surface area contributed by atoms with Gasteiger partial charge >= 0.3 is 42.2 Å². The lowest BCUT2D eigenvalue weighted by Crippen LogP contribution is -2.58. The molecule has 18 heteroatoms. The number of aliphatic hydroxyl groups is 2. The van der Waals surface area contributed by atoms with E-state index in [0.29, 0.717) is 44.1 Å². The van der Waals surface area contributed by atoms with Gasteiger partial charge in [-0.25, -0.2) is 4.79 Å². The maximum Gasteiger partial charge on any atom is 0.426 e. The van der Waals surface area contributed by atoms with Gasteiger partial charge in [0.1, 0.15) is 18.3 Å². The van der Waals surface area contributed by atoms with Crippen LogP contribution in [0, 0.1) is 63.6 Å². The van der Waals surface area contributed by atoms with E-state index in [0.717, 1.165) is 24.7 Å². The third-order valence-electron chi connectivity index (χ3n) is 16.6. The van der Waals surface area contributed by atoms with Crippen LogP contribution in [0.5, 0.6) is 0 Å². The second-order valence-corrected chi connectivity index (χ2v) is 22.6. The van der Waals surface area contributed by atoms with Gasteiger partial charge in [0.05, 0.1) is 35.4 Å². The van der Waals surface area contributed by atoms with Gasteiger partial charge in [-0.15, -0.1) is 0 Å². The van der Waals surface area contributed by atoms with E-state index in [-0.39, 0.29) is 66.8 Å². The van der Waals surface area contributed by atoms with Crippen molar-refractivity contribution in [1.82, 2.24) is 0 Å². The Morgan fingerprint density at radius 1 is 0.710 bits per heavy atom. The number of carbonyl (C=O) groups is 5. The molecule has 6 aliphatic carbocycles. The summed E-state index contributed by atoms with van der Waals surface area (Å²) in [6.45, 7) is 23.2. The summed E-state index contributed by atoms with van der Waals surface area (Å²) in [5.41, 5.74) is -6.42. The molecule has 6 saturated carbocycles. The monoisotopic (exact) mass is 1000 g/mol. The van der Waals surface area contributed by atoms with E-state index in [2.05, 4.69) is 18.6 Å². The Bertz CT molecular complexity index is 1700. The van der Waals surface area contributed by atoms with Gasteiger partial charge in [0.15, 0.2) is 0 Å². The molecule has 1 heterocycles. The van der Waals surface area contributed by atoms with Crippen molar-refractivity contribution < 1.29 is 84.2 Å². The molecule has 7 aliphatic rings. The number of hydrogen-bond acceptors (Lipinski definition) is 12. The lowest BCUT2D eigenvalue weighted by molar-refractivity contribution is -0.373. The Morgan fingerprint density at radius 2 is 1.19 bits per heavy atom. The molecule has 0 aromatic heterocycles. The Balaban J connectivity index is 0.000000258. The molecule has 0 aromatic rings. The Hall–Kier alpha value is -3.15. The Morgan fingerprint density at radius 3 is 1.58 bits per heavy atom. The van der Waals surface area contributed by atoms with Crippen molar-refractivity contribution in [2.45, 2.75) is 209 Å². The summed E-state index contributed by atoms with van der Waals surface area (Å²) in [7, 11) is 0. The van der Waals surface area contributed by atoms with Crippen LogP contribution in [0.2, 0.25) is 0 Å². The van der Waals surface area contributed by atoms with Crippen LogP contribution < -0.4 is 0 Å². The van der Waals surface area contributed by atoms with Crippen molar-refractivity contribution in [1.29, 1.82) is 0 Å². The molecule has 2 N–H and O–H groups in total. The van der Waals surface area contributed by atoms with Crippen molar-refractivity contribution in [3.8, 4) is 0 Å². The molecule has 0 spiro atoms. The summed E-state index contributed by atoms with van der Waals surface area (Å²) in [5, 5.41) is 17.7. The van der Waals surface area contributed by atoms with Gasteiger partial charge in [0.2, 0.25) is 6.10 Å². The van der Waals surface area contributed by atoms with E-state index < -0.39 is 71.2 Å². The van der Waals surface area contributed by atoms with Crippen molar-refractivity contribution >= 4 is 29.8 Å². The van der Waals surface area contributed by atoms with Gasteiger partial charge in [-0.05, 0) is 173 Å². The molecule has 69 heavy (non-hydrogen) atoms. The zero-order valence-electron chi connectivity index (χ0n) is 43.0. The minimum Gasteiger partial charge on any atom is -0.463 e. The standard InChI is InChI=1S/C17H24F6O3.C17H28O2.C10H16O4.C7H14O3/c1-4-14(2,3)13(24)26-12-7-9-5-10(12)6-11(9)8-15(25,16(18,19)20)17(21,22)23;1-5-16(2,3)15(18)19-17(4)13-7-11-6-12(9-13)10-14(17)8-11;1-4-10(2,3)9(12)14-7-5-6-13-8(7)11;1-3-6(2)7(9)10-5-4-8/h9-12,25H,4-8H2,1-3H3;11-14H,5-10H2,1-4H3;7H,4-6H2,1-3H3;6,8H,3-5H2,1-2H3. The number of esters is 5. The van der Waals surface area contributed by atoms with Crippen LogP contribution in [-0.2, 0) is 47.7 Å². The maximum atomic E-state index is 12.9. The molecule has 0 amide bonds. The van der Waals surface area contributed by atoms with Crippen LogP contribution in [0.4, 0.5) is 26.3 Å². The molecular formula is C51H82F6O12. The first-order chi connectivity index (χ1) is 31.7. The number of carbonyl (C=O) groups excluding carboxylic acids is 5. The molecule has 6 bridgehead atoms. The van der Waals surface area contributed by atoms with Crippen molar-refractivity contribution in [2.24, 2.45) is 63.6 Å². The first-order valence-corrected chi connectivity index (χ1v) is 25.1. The summed E-state index contributed by atoms with van der Waals surface area (Å²) in [6.07, 6.45) is -3.41. The quantitative estimate of drug-likeness (QED) is 0.0905. The first-order valence-electron chi connectivity index (χ1n) is 25.1. The Labute approximate surface area is 405 Å². The highest BCUT2D eigenvalue weighted by Gasteiger charge is 2.71. The van der Waals surface area contributed by atoms with E-state index in [4.69, 9.17) is 24.1 Å². The summed E-state index contributed by atoms with van der Waals surface area (Å²) in [5.74, 6) is 0.106. The second-order valence-electron chi connectivity index (χ2n) is 22.6. The average molecular weight is 1000 g/mol. The third kappa shape index (κ3) is 14.7. The SMILES string of the molecule is CCC(C)(C)C(=O)OC1(C)C2CC3CC(C2)CC1C3.CCC(C)(C)C(=O)OC1CC2CC1CC2CC(O)(C(F)(F)F)C(F)(F)F.CCC(C)(C)C(=O)OC1CCOC1=O.CCC(C)C(=O)OCCO. The van der Waals surface area contributed by atoms with Crippen molar-refractivity contribution in [3.63, 3.8) is 0 Å². The number of ether oxygens (including phenoxy) is 5. The normalized spacial score (nSPS) is 29.8. The first kappa shape index (κ1) is 60.2. The average Bonchev–Trinajstić information content (AvgIpc) is 3.99. The maximum absolute atomic E-state index is 12.9. The van der Waals surface area contributed by atoms with Gasteiger partial charge in [-0.3, -0.25) is 19.2 Å². The van der Waals surface area contributed by atoms with E-state index in [1.165, 1.54) is 32.1 Å². The minimum atomic E-state index is -5.79. The molecule has 0 radical (unpaired) electrons. The van der Waals surface area contributed by atoms with Crippen LogP contribution in [0.3, 0.4) is 0 Å². The zero-order valence-corrected chi connectivity index (χ0v) is 43.0. The number of halogens is 6. The van der Waals surface area contributed by atoms with Gasteiger partial charge in [-0.1, -0.05) is 34.6 Å². The van der Waals surface area contributed by atoms with E-state index in [1.807, 2.05) is 34.6 Å². The fraction of sp³-hybridized carbons (Fsp3) is 0.902. The topological polar surface area (TPSA) is 172 Å². The molecule has 7 rings (SSSR count). The number of fused-ring (bicyclic) bond motifs is 2. The number of aliphatic hydroxyl groups excluding tert-OH is 1. The lowest BCUT2D eigenvalue weighted by atomic mass is 9.50. The second kappa shape index (κ2) is 23.6. The van der Waals surface area contributed by atoms with E-state index in [9.17, 15) is 55.4 Å². The number of cyclic esters (lactones) is 1. The summed E-state index contributed by atoms with van der Waals surface area (Å²) in [6, 6.07) is 0. The fourth-order valence-corrected chi connectivity index (χ4v) is 10.2. The Kier molecular flexibility index (Phi) is 20.6. The van der Waals surface area contributed by atoms with Gasteiger partial charge < -0.3 is 33.9 Å². The molecule has 6 unspecified atom stereocenters. The molecule has 0 aromatic carbocycles. The third-order valence-corrected chi connectivity index (χ3v) is 16.6. The highest BCUT2D eigenvalue weighted by atomic mass is 19.4. The van der Waals surface area contributed by atoms with Gasteiger partial charge in [-0.2, -0.15) is 26.3 Å². The number of alkyl halides is 6.